The van der Waals surface area contributed by atoms with E-state index in [1.54, 1.807) is 6.92 Å². The summed E-state index contributed by atoms with van der Waals surface area (Å²) in [5.74, 6) is 6.01. The highest BCUT2D eigenvalue weighted by Gasteiger charge is 2.13. The summed E-state index contributed by atoms with van der Waals surface area (Å²) >= 11 is 0. The molecule has 0 spiro atoms. The molecule has 0 saturated heterocycles. The van der Waals surface area contributed by atoms with Crippen molar-refractivity contribution in [1.82, 2.24) is 5.43 Å². The van der Waals surface area contributed by atoms with Crippen LogP contribution in [0.1, 0.15) is 42.5 Å². The van der Waals surface area contributed by atoms with Crippen LogP contribution in [-0.4, -0.2) is 19.9 Å². The molecule has 0 radical (unpaired) electrons. The maximum atomic E-state index is 11.5. The second kappa shape index (κ2) is 7.03. The molecular formula is C14H24N2O2S. The fourth-order valence-corrected chi connectivity index (χ4v) is 2.87. The molecule has 4 nitrogen and oxygen atoms in total. The lowest BCUT2D eigenvalue weighted by atomic mass is 9.99. The van der Waals surface area contributed by atoms with Gasteiger partial charge in [0.15, 0.2) is 0 Å². The van der Waals surface area contributed by atoms with E-state index in [1.165, 1.54) is 11.1 Å². The van der Waals surface area contributed by atoms with Gasteiger partial charge in [-0.15, -0.1) is 0 Å². The van der Waals surface area contributed by atoms with E-state index in [1.807, 2.05) is 6.07 Å². The number of sulfone groups is 1. The Morgan fingerprint density at radius 2 is 1.95 bits per heavy atom. The van der Waals surface area contributed by atoms with E-state index in [4.69, 9.17) is 5.84 Å². The van der Waals surface area contributed by atoms with Gasteiger partial charge in [0, 0.05) is 11.8 Å². The molecule has 0 aliphatic carbocycles. The van der Waals surface area contributed by atoms with Crippen molar-refractivity contribution in [2.75, 3.05) is 11.5 Å². The van der Waals surface area contributed by atoms with Crippen LogP contribution >= 0.6 is 0 Å². The summed E-state index contributed by atoms with van der Waals surface area (Å²) in [6.07, 6.45) is 1.34. The molecule has 1 atom stereocenters. The van der Waals surface area contributed by atoms with E-state index < -0.39 is 9.84 Å². The summed E-state index contributed by atoms with van der Waals surface area (Å²) in [5, 5.41) is 0. The van der Waals surface area contributed by atoms with Crippen molar-refractivity contribution in [3.8, 4) is 0 Å². The minimum atomic E-state index is -2.89. The molecule has 0 bridgehead atoms. The second-order valence-electron chi connectivity index (χ2n) is 4.94. The van der Waals surface area contributed by atoms with E-state index in [9.17, 15) is 8.42 Å². The summed E-state index contributed by atoms with van der Waals surface area (Å²) < 4.78 is 22.9. The molecule has 0 amide bonds. The number of nitrogens with one attached hydrogen (secondary N) is 1. The molecule has 1 rings (SSSR count). The summed E-state index contributed by atoms with van der Waals surface area (Å²) in [6.45, 7) is 5.81. The van der Waals surface area contributed by atoms with Crippen LogP contribution in [0, 0.1) is 13.8 Å². The fourth-order valence-electron chi connectivity index (χ4n) is 1.98. The second-order valence-corrected chi connectivity index (χ2v) is 7.41. The average molecular weight is 284 g/mol. The Balaban J connectivity index is 2.66. The van der Waals surface area contributed by atoms with Crippen LogP contribution < -0.4 is 11.3 Å². The topological polar surface area (TPSA) is 72.2 Å². The first-order valence-electron chi connectivity index (χ1n) is 6.63. The molecule has 108 valence electrons. The molecule has 0 fully saturated rings. The van der Waals surface area contributed by atoms with E-state index in [0.29, 0.717) is 6.42 Å². The standard InChI is InChI=1S/C14H24N2O2S/c1-4-19(17,18)9-5-6-14(16-15)13-8-7-11(2)12(3)10-13/h7-8,10,14,16H,4-6,9,15H2,1-3H3. The third-order valence-electron chi connectivity index (χ3n) is 3.52. The van der Waals surface area contributed by atoms with Gasteiger partial charge in [0.1, 0.15) is 9.84 Å². The number of hydrogen-bond donors (Lipinski definition) is 2. The first kappa shape index (κ1) is 16.1. The third-order valence-corrected chi connectivity index (χ3v) is 5.31. The van der Waals surface area contributed by atoms with E-state index in [0.717, 1.165) is 12.0 Å². The van der Waals surface area contributed by atoms with Crippen LogP contribution in [0.4, 0.5) is 0 Å². The van der Waals surface area contributed by atoms with Gasteiger partial charge in [0.2, 0.25) is 0 Å². The van der Waals surface area contributed by atoms with E-state index in [-0.39, 0.29) is 17.5 Å². The highest BCUT2D eigenvalue weighted by Crippen LogP contribution is 2.20. The van der Waals surface area contributed by atoms with Crippen molar-refractivity contribution in [2.24, 2.45) is 5.84 Å². The molecule has 5 heteroatoms. The predicted molar refractivity (Wildman–Crippen MR) is 79.5 cm³/mol. The Labute approximate surface area is 116 Å². The number of hydrogen-bond acceptors (Lipinski definition) is 4. The quantitative estimate of drug-likeness (QED) is 0.593. The highest BCUT2D eigenvalue weighted by atomic mass is 32.2. The first-order chi connectivity index (χ1) is 8.89. The van der Waals surface area contributed by atoms with Crippen LogP contribution in [0.15, 0.2) is 18.2 Å². The van der Waals surface area contributed by atoms with Crippen LogP contribution in [0.5, 0.6) is 0 Å². The minimum Gasteiger partial charge on any atom is -0.271 e. The zero-order chi connectivity index (χ0) is 14.5. The SMILES string of the molecule is CCS(=O)(=O)CCCC(NN)c1ccc(C)c(C)c1. The van der Waals surface area contributed by atoms with E-state index >= 15 is 0 Å². The predicted octanol–water partition coefficient (Wildman–Crippen LogP) is 2.02. The Kier molecular flexibility index (Phi) is 5.97. The maximum Gasteiger partial charge on any atom is 0.150 e. The van der Waals surface area contributed by atoms with Gasteiger partial charge in [0.05, 0.1) is 5.75 Å². The lowest BCUT2D eigenvalue weighted by molar-refractivity contribution is 0.507. The average Bonchev–Trinajstić information content (AvgIpc) is 2.38. The van der Waals surface area contributed by atoms with Crippen molar-refractivity contribution >= 4 is 9.84 Å². The number of benzene rings is 1. The largest absolute Gasteiger partial charge is 0.271 e. The van der Waals surface area contributed by atoms with Crippen LogP contribution in [-0.2, 0) is 9.84 Å². The minimum absolute atomic E-state index is 0.00589. The molecule has 1 aromatic carbocycles. The van der Waals surface area contributed by atoms with Crippen molar-refractivity contribution < 1.29 is 8.42 Å². The summed E-state index contributed by atoms with van der Waals surface area (Å²) in [7, 11) is -2.89. The molecule has 1 unspecified atom stereocenters. The molecule has 0 heterocycles. The molecular weight excluding hydrogens is 260 g/mol. The summed E-state index contributed by atoms with van der Waals surface area (Å²) in [4.78, 5) is 0. The monoisotopic (exact) mass is 284 g/mol. The number of nitrogens with two attached hydrogens (primary N) is 1. The van der Waals surface area contributed by atoms with E-state index in [2.05, 4.69) is 31.4 Å². The Morgan fingerprint density at radius 1 is 1.26 bits per heavy atom. The molecule has 0 aromatic heterocycles. The molecule has 0 saturated carbocycles. The number of hydrazine groups is 1. The third kappa shape index (κ3) is 4.93. The van der Waals surface area contributed by atoms with Gasteiger partial charge in [-0.2, -0.15) is 0 Å². The summed E-state index contributed by atoms with van der Waals surface area (Å²) in [5.41, 5.74) is 6.35. The lowest BCUT2D eigenvalue weighted by Gasteiger charge is -2.17. The van der Waals surface area contributed by atoms with Crippen LogP contribution in [0.25, 0.3) is 0 Å². The van der Waals surface area contributed by atoms with Gasteiger partial charge in [0.25, 0.3) is 0 Å². The number of aryl methyl sites for hydroxylation is 2. The van der Waals surface area contributed by atoms with Crippen molar-refractivity contribution in [3.05, 3.63) is 34.9 Å². The Bertz CT molecular complexity index is 512. The smallest absolute Gasteiger partial charge is 0.150 e. The molecule has 19 heavy (non-hydrogen) atoms. The zero-order valence-corrected chi connectivity index (χ0v) is 12.8. The van der Waals surface area contributed by atoms with Crippen LogP contribution in [0.3, 0.4) is 0 Å². The molecule has 1 aromatic rings. The molecule has 3 N–H and O–H groups in total. The lowest BCUT2D eigenvalue weighted by Crippen LogP contribution is -2.28. The fraction of sp³-hybridized carbons (Fsp3) is 0.571. The molecule has 0 aliphatic rings. The summed E-state index contributed by atoms with van der Waals surface area (Å²) in [6, 6.07) is 6.22. The van der Waals surface area contributed by atoms with Crippen molar-refractivity contribution in [1.29, 1.82) is 0 Å². The van der Waals surface area contributed by atoms with Gasteiger partial charge in [-0.1, -0.05) is 25.1 Å². The number of rotatable bonds is 7. The normalized spacial score (nSPS) is 13.5. The first-order valence-corrected chi connectivity index (χ1v) is 8.45. The van der Waals surface area contributed by atoms with Gasteiger partial charge < -0.3 is 0 Å². The van der Waals surface area contributed by atoms with Gasteiger partial charge >= 0.3 is 0 Å². The Hall–Kier alpha value is -0.910. The maximum absolute atomic E-state index is 11.5. The van der Waals surface area contributed by atoms with Gasteiger partial charge in [-0.05, 0) is 43.4 Å². The molecule has 0 aliphatic heterocycles. The van der Waals surface area contributed by atoms with Gasteiger partial charge in [-0.3, -0.25) is 11.3 Å². The van der Waals surface area contributed by atoms with Gasteiger partial charge in [-0.25, -0.2) is 8.42 Å². The van der Waals surface area contributed by atoms with Crippen molar-refractivity contribution in [2.45, 2.75) is 39.7 Å². The highest BCUT2D eigenvalue weighted by molar-refractivity contribution is 7.91. The van der Waals surface area contributed by atoms with Crippen molar-refractivity contribution in [3.63, 3.8) is 0 Å². The zero-order valence-electron chi connectivity index (χ0n) is 11.9. The Morgan fingerprint density at radius 3 is 2.47 bits per heavy atom. The van der Waals surface area contributed by atoms with Crippen LogP contribution in [0.2, 0.25) is 0 Å².